The number of rotatable bonds is 5. The number of amides is 1. The van der Waals surface area contributed by atoms with Crippen LogP contribution in [0.25, 0.3) is 0 Å². The Morgan fingerprint density at radius 1 is 1.50 bits per heavy atom. The highest BCUT2D eigenvalue weighted by Crippen LogP contribution is 2.35. The van der Waals surface area contributed by atoms with Crippen LogP contribution in [0.4, 0.5) is 5.69 Å². The number of nitro benzene ring substituents is 1. The lowest BCUT2D eigenvalue weighted by Gasteiger charge is -2.17. The molecule has 0 aromatic heterocycles. The highest BCUT2D eigenvalue weighted by molar-refractivity contribution is 5.99. The molecular weight excluding hydrogens is 290 g/mol. The fraction of sp³-hybridized carbons (Fsp3) is 0.500. The molecule has 1 aromatic carbocycles. The fourth-order valence-electron chi connectivity index (χ4n) is 2.44. The van der Waals surface area contributed by atoms with E-state index in [4.69, 9.17) is 15.2 Å². The van der Waals surface area contributed by atoms with E-state index in [0.717, 1.165) is 0 Å². The summed E-state index contributed by atoms with van der Waals surface area (Å²) < 4.78 is 10.5. The molecule has 8 nitrogen and oxygen atoms in total. The predicted molar refractivity (Wildman–Crippen MR) is 79.3 cm³/mol. The van der Waals surface area contributed by atoms with E-state index in [1.54, 1.807) is 6.92 Å². The number of ether oxygens (including phenoxy) is 2. The van der Waals surface area contributed by atoms with Crippen molar-refractivity contribution in [3.05, 3.63) is 27.8 Å². The van der Waals surface area contributed by atoms with Gasteiger partial charge in [0.15, 0.2) is 11.5 Å². The van der Waals surface area contributed by atoms with E-state index < -0.39 is 10.8 Å². The second kappa shape index (κ2) is 6.61. The second-order valence-electron chi connectivity index (χ2n) is 5.01. The number of carbonyl (C=O) groups excluding carboxylic acids is 1. The SMILES string of the molecule is CCOc1cc(C(=O)N2CC[C@@H](N)C2)c([N+](=O)[O-])cc1OC. The molecule has 1 fully saturated rings. The Bertz CT molecular complexity index is 590. The molecule has 22 heavy (non-hydrogen) atoms. The number of likely N-dealkylation sites (tertiary alicyclic amines) is 1. The van der Waals surface area contributed by atoms with Crippen molar-refractivity contribution in [2.75, 3.05) is 26.8 Å². The first kappa shape index (κ1) is 16.0. The highest BCUT2D eigenvalue weighted by atomic mass is 16.6. The van der Waals surface area contributed by atoms with Gasteiger partial charge < -0.3 is 20.1 Å². The maximum absolute atomic E-state index is 12.5. The van der Waals surface area contributed by atoms with E-state index in [1.165, 1.54) is 24.1 Å². The lowest BCUT2D eigenvalue weighted by atomic mass is 10.1. The molecule has 0 spiro atoms. The van der Waals surface area contributed by atoms with Crippen LogP contribution in [-0.2, 0) is 0 Å². The zero-order valence-corrected chi connectivity index (χ0v) is 12.6. The molecule has 1 aromatic rings. The third-order valence-corrected chi connectivity index (χ3v) is 3.52. The van der Waals surface area contributed by atoms with E-state index in [0.29, 0.717) is 31.9 Å². The van der Waals surface area contributed by atoms with Gasteiger partial charge in [-0.25, -0.2) is 0 Å². The summed E-state index contributed by atoms with van der Waals surface area (Å²) in [6.45, 7) is 3.03. The minimum atomic E-state index is -0.596. The quantitative estimate of drug-likeness (QED) is 0.646. The number of benzene rings is 1. The topological polar surface area (TPSA) is 108 Å². The van der Waals surface area contributed by atoms with Gasteiger partial charge in [0, 0.05) is 25.2 Å². The van der Waals surface area contributed by atoms with Crippen molar-refractivity contribution in [1.82, 2.24) is 4.90 Å². The number of carbonyl (C=O) groups is 1. The zero-order chi connectivity index (χ0) is 16.3. The van der Waals surface area contributed by atoms with Crippen molar-refractivity contribution in [2.45, 2.75) is 19.4 Å². The molecular formula is C14H19N3O5. The maximum Gasteiger partial charge on any atom is 0.286 e. The number of nitrogens with two attached hydrogens (primary N) is 1. The first-order valence-corrected chi connectivity index (χ1v) is 7.02. The van der Waals surface area contributed by atoms with Crippen LogP contribution in [0, 0.1) is 10.1 Å². The molecule has 8 heteroatoms. The van der Waals surface area contributed by atoms with Crippen LogP contribution in [0.5, 0.6) is 11.5 Å². The van der Waals surface area contributed by atoms with Gasteiger partial charge in [-0.2, -0.15) is 0 Å². The summed E-state index contributed by atoms with van der Waals surface area (Å²) in [6, 6.07) is 2.49. The molecule has 1 aliphatic rings. The average Bonchev–Trinajstić information content (AvgIpc) is 2.92. The van der Waals surface area contributed by atoms with E-state index >= 15 is 0 Å². The van der Waals surface area contributed by atoms with Gasteiger partial charge >= 0.3 is 0 Å². The summed E-state index contributed by atoms with van der Waals surface area (Å²) in [5.74, 6) is 0.119. The predicted octanol–water partition coefficient (Wildman–Crippen LogP) is 1.18. The van der Waals surface area contributed by atoms with Crippen LogP contribution in [0.3, 0.4) is 0 Å². The number of methoxy groups -OCH3 is 1. The molecule has 120 valence electrons. The van der Waals surface area contributed by atoms with Gasteiger partial charge in [-0.3, -0.25) is 14.9 Å². The summed E-state index contributed by atoms with van der Waals surface area (Å²) in [4.78, 5) is 24.7. The summed E-state index contributed by atoms with van der Waals surface area (Å²) >= 11 is 0. The van der Waals surface area contributed by atoms with Crippen LogP contribution >= 0.6 is 0 Å². The normalized spacial score (nSPS) is 17.4. The number of hydrogen-bond acceptors (Lipinski definition) is 6. The Morgan fingerprint density at radius 3 is 2.73 bits per heavy atom. The molecule has 1 amide bonds. The molecule has 2 rings (SSSR count). The van der Waals surface area contributed by atoms with Crippen molar-refractivity contribution >= 4 is 11.6 Å². The van der Waals surface area contributed by atoms with Gasteiger partial charge in [0.2, 0.25) is 0 Å². The lowest BCUT2D eigenvalue weighted by molar-refractivity contribution is -0.385. The van der Waals surface area contributed by atoms with Gasteiger partial charge in [-0.1, -0.05) is 0 Å². The number of nitrogens with zero attached hydrogens (tertiary/aromatic N) is 2. The summed E-state index contributed by atoms with van der Waals surface area (Å²) in [5.41, 5.74) is 5.48. The van der Waals surface area contributed by atoms with E-state index in [9.17, 15) is 14.9 Å². The van der Waals surface area contributed by atoms with Crippen molar-refractivity contribution in [2.24, 2.45) is 5.73 Å². The van der Waals surface area contributed by atoms with Crippen LogP contribution in [0.1, 0.15) is 23.7 Å². The van der Waals surface area contributed by atoms with Gasteiger partial charge in [0.05, 0.1) is 24.7 Å². The summed E-state index contributed by atoms with van der Waals surface area (Å²) in [5, 5.41) is 11.3. The van der Waals surface area contributed by atoms with E-state index in [1.807, 2.05) is 0 Å². The molecule has 0 bridgehead atoms. The minimum absolute atomic E-state index is 0.0108. The second-order valence-corrected chi connectivity index (χ2v) is 5.01. The molecule has 1 heterocycles. The highest BCUT2D eigenvalue weighted by Gasteiger charge is 2.31. The summed E-state index contributed by atoms with van der Waals surface area (Å²) in [7, 11) is 1.39. The number of nitro groups is 1. The monoisotopic (exact) mass is 309 g/mol. The van der Waals surface area contributed by atoms with Gasteiger partial charge in [0.25, 0.3) is 11.6 Å². The Morgan fingerprint density at radius 2 is 2.23 bits per heavy atom. The van der Waals surface area contributed by atoms with Crippen molar-refractivity contribution in [1.29, 1.82) is 0 Å². The van der Waals surface area contributed by atoms with Crippen molar-refractivity contribution in [3.63, 3.8) is 0 Å². The van der Waals surface area contributed by atoms with Crippen LogP contribution in [0.2, 0.25) is 0 Å². The number of hydrogen-bond donors (Lipinski definition) is 1. The Hall–Kier alpha value is -2.35. The van der Waals surface area contributed by atoms with E-state index in [-0.39, 0.29) is 23.0 Å². The molecule has 1 atom stereocenters. The fourth-order valence-corrected chi connectivity index (χ4v) is 2.44. The molecule has 1 aliphatic heterocycles. The average molecular weight is 309 g/mol. The summed E-state index contributed by atoms with van der Waals surface area (Å²) in [6.07, 6.45) is 0.689. The Labute approximate surface area is 127 Å². The smallest absolute Gasteiger partial charge is 0.286 e. The molecule has 2 N–H and O–H groups in total. The minimum Gasteiger partial charge on any atom is -0.493 e. The van der Waals surface area contributed by atoms with Crippen LogP contribution < -0.4 is 15.2 Å². The molecule has 0 aliphatic carbocycles. The first-order valence-electron chi connectivity index (χ1n) is 7.02. The van der Waals surface area contributed by atoms with Crippen molar-refractivity contribution < 1.29 is 19.2 Å². The van der Waals surface area contributed by atoms with Gasteiger partial charge in [-0.05, 0) is 13.3 Å². The van der Waals surface area contributed by atoms with Gasteiger partial charge in [-0.15, -0.1) is 0 Å². The molecule has 0 saturated carbocycles. The Kier molecular flexibility index (Phi) is 4.81. The third-order valence-electron chi connectivity index (χ3n) is 3.52. The molecule has 0 radical (unpaired) electrons. The van der Waals surface area contributed by atoms with Crippen molar-refractivity contribution in [3.8, 4) is 11.5 Å². The maximum atomic E-state index is 12.5. The lowest BCUT2D eigenvalue weighted by Crippen LogP contribution is -2.32. The van der Waals surface area contributed by atoms with Gasteiger partial charge in [0.1, 0.15) is 5.56 Å². The van der Waals surface area contributed by atoms with Crippen LogP contribution in [-0.4, -0.2) is 48.6 Å². The van der Waals surface area contributed by atoms with Crippen LogP contribution in [0.15, 0.2) is 12.1 Å². The molecule has 0 unspecified atom stereocenters. The molecule has 1 saturated heterocycles. The first-order chi connectivity index (χ1) is 10.5. The zero-order valence-electron chi connectivity index (χ0n) is 12.6. The Balaban J connectivity index is 2.45. The standard InChI is InChI=1S/C14H19N3O5/c1-3-22-13-6-10(11(17(19)20)7-12(13)21-2)14(18)16-5-4-9(15)8-16/h6-7,9H,3-5,8,15H2,1-2H3/t9-/m1/s1. The largest absolute Gasteiger partial charge is 0.493 e. The third kappa shape index (κ3) is 3.11. The van der Waals surface area contributed by atoms with E-state index in [2.05, 4.69) is 0 Å².